The molecule has 1 heterocycles. The second kappa shape index (κ2) is 6.76. The molecule has 0 atom stereocenters. The van der Waals surface area contributed by atoms with Crippen LogP contribution in [0.5, 0.6) is 5.75 Å². The van der Waals surface area contributed by atoms with Crippen molar-refractivity contribution in [2.45, 2.75) is 26.7 Å². The molecule has 0 radical (unpaired) electrons. The molecule has 1 N–H and O–H groups in total. The first-order chi connectivity index (χ1) is 10.1. The maximum absolute atomic E-state index is 11.3. The van der Waals surface area contributed by atoms with E-state index in [1.807, 2.05) is 6.92 Å². The van der Waals surface area contributed by atoms with Gasteiger partial charge in [-0.2, -0.15) is 0 Å². The van der Waals surface area contributed by atoms with E-state index >= 15 is 0 Å². The summed E-state index contributed by atoms with van der Waals surface area (Å²) in [6.07, 6.45) is 1.91. The van der Waals surface area contributed by atoms with Crippen molar-refractivity contribution in [3.05, 3.63) is 28.3 Å². The number of rotatable bonds is 6. The number of ether oxygens (including phenoxy) is 2. The van der Waals surface area contributed by atoms with Crippen LogP contribution in [0.2, 0.25) is 0 Å². The summed E-state index contributed by atoms with van der Waals surface area (Å²) in [5, 5.41) is 14.5. The Bertz CT molecular complexity index is 498. The molecule has 0 spiro atoms. The molecule has 1 aromatic carbocycles. The summed E-state index contributed by atoms with van der Waals surface area (Å²) in [5.41, 5.74) is 0.627. The monoisotopic (exact) mass is 294 g/mol. The first-order valence-electron chi connectivity index (χ1n) is 7.27. The molecule has 0 amide bonds. The van der Waals surface area contributed by atoms with Gasteiger partial charge in [-0.25, -0.2) is 0 Å². The van der Waals surface area contributed by atoms with Crippen LogP contribution in [-0.4, -0.2) is 31.3 Å². The molecule has 0 aliphatic carbocycles. The Kier molecular flexibility index (Phi) is 5.01. The van der Waals surface area contributed by atoms with Crippen molar-refractivity contribution in [2.24, 2.45) is 5.41 Å². The van der Waals surface area contributed by atoms with E-state index in [1.54, 1.807) is 18.2 Å². The van der Waals surface area contributed by atoms with Gasteiger partial charge in [-0.1, -0.05) is 13.0 Å². The molecule has 1 aliphatic rings. The highest BCUT2D eigenvalue weighted by Crippen LogP contribution is 2.36. The molecule has 116 valence electrons. The van der Waals surface area contributed by atoms with E-state index in [-0.39, 0.29) is 16.0 Å². The van der Waals surface area contributed by atoms with Crippen LogP contribution in [-0.2, 0) is 4.74 Å². The normalized spacial score (nSPS) is 17.2. The minimum absolute atomic E-state index is 0.00927. The average molecular weight is 294 g/mol. The zero-order valence-electron chi connectivity index (χ0n) is 12.6. The number of benzene rings is 1. The van der Waals surface area contributed by atoms with E-state index in [1.165, 1.54) is 0 Å². The van der Waals surface area contributed by atoms with Gasteiger partial charge >= 0.3 is 5.69 Å². The summed E-state index contributed by atoms with van der Waals surface area (Å²) in [4.78, 5) is 10.9. The van der Waals surface area contributed by atoms with E-state index in [0.717, 1.165) is 26.1 Å². The molecule has 1 aromatic rings. The number of para-hydroxylation sites is 1. The van der Waals surface area contributed by atoms with Crippen molar-refractivity contribution in [1.82, 2.24) is 0 Å². The van der Waals surface area contributed by atoms with Gasteiger partial charge in [-0.15, -0.1) is 0 Å². The van der Waals surface area contributed by atoms with Gasteiger partial charge in [0, 0.05) is 19.8 Å². The summed E-state index contributed by atoms with van der Waals surface area (Å²) in [7, 11) is 0. The molecule has 1 saturated heterocycles. The highest BCUT2D eigenvalue weighted by atomic mass is 16.6. The van der Waals surface area contributed by atoms with Gasteiger partial charge in [-0.05, 0) is 37.3 Å². The molecule has 0 aromatic heterocycles. The molecule has 6 heteroatoms. The number of nitro benzene ring substituents is 1. The zero-order chi connectivity index (χ0) is 15.3. The molecule has 21 heavy (non-hydrogen) atoms. The molecule has 1 aliphatic heterocycles. The van der Waals surface area contributed by atoms with Gasteiger partial charge in [0.15, 0.2) is 5.75 Å². The minimum Gasteiger partial charge on any atom is -0.487 e. The lowest BCUT2D eigenvalue weighted by atomic mass is 9.82. The van der Waals surface area contributed by atoms with Crippen molar-refractivity contribution in [1.29, 1.82) is 0 Å². The van der Waals surface area contributed by atoms with Gasteiger partial charge in [-0.3, -0.25) is 10.1 Å². The third kappa shape index (κ3) is 3.85. The van der Waals surface area contributed by atoms with Crippen LogP contribution >= 0.6 is 0 Å². The molecule has 0 unspecified atom stereocenters. The molecular formula is C15H22N2O4. The number of hydrogen-bond acceptors (Lipinski definition) is 5. The summed E-state index contributed by atoms with van der Waals surface area (Å²) < 4.78 is 10.7. The van der Waals surface area contributed by atoms with Gasteiger partial charge in [0.25, 0.3) is 0 Å². The Morgan fingerprint density at radius 1 is 1.43 bits per heavy atom. The smallest absolute Gasteiger partial charge is 0.333 e. The van der Waals surface area contributed by atoms with Crippen LogP contribution in [0, 0.1) is 15.5 Å². The van der Waals surface area contributed by atoms with Crippen molar-refractivity contribution in [3.63, 3.8) is 0 Å². The molecule has 6 nitrogen and oxygen atoms in total. The molecule has 2 rings (SSSR count). The predicted octanol–water partition coefficient (Wildman–Crippen LogP) is 3.22. The molecule has 1 fully saturated rings. The first kappa shape index (κ1) is 15.6. The number of hydrogen-bond donors (Lipinski definition) is 1. The Balaban J connectivity index is 2.15. The van der Waals surface area contributed by atoms with Crippen molar-refractivity contribution >= 4 is 11.4 Å². The van der Waals surface area contributed by atoms with Gasteiger partial charge < -0.3 is 14.8 Å². The van der Waals surface area contributed by atoms with Crippen LogP contribution < -0.4 is 10.1 Å². The largest absolute Gasteiger partial charge is 0.487 e. The highest BCUT2D eigenvalue weighted by molar-refractivity contribution is 5.68. The minimum atomic E-state index is -0.389. The number of nitrogens with zero attached hydrogens (tertiary/aromatic N) is 1. The Morgan fingerprint density at radius 3 is 2.76 bits per heavy atom. The number of nitrogens with one attached hydrogen (secondary N) is 1. The van der Waals surface area contributed by atoms with Crippen LogP contribution in [0.1, 0.15) is 26.7 Å². The molecular weight excluding hydrogens is 272 g/mol. The van der Waals surface area contributed by atoms with Crippen LogP contribution in [0.15, 0.2) is 18.2 Å². The van der Waals surface area contributed by atoms with E-state index in [0.29, 0.717) is 24.6 Å². The lowest BCUT2D eigenvalue weighted by Crippen LogP contribution is -2.33. The Hall–Kier alpha value is -1.82. The summed E-state index contributed by atoms with van der Waals surface area (Å²) >= 11 is 0. The third-order valence-corrected chi connectivity index (χ3v) is 3.89. The zero-order valence-corrected chi connectivity index (χ0v) is 12.6. The fourth-order valence-corrected chi connectivity index (χ4v) is 2.47. The van der Waals surface area contributed by atoms with Crippen LogP contribution in [0.3, 0.4) is 0 Å². The van der Waals surface area contributed by atoms with Gasteiger partial charge in [0.05, 0.1) is 11.5 Å². The van der Waals surface area contributed by atoms with Crippen LogP contribution in [0.25, 0.3) is 0 Å². The number of nitro groups is 1. The second-order valence-electron chi connectivity index (χ2n) is 5.62. The van der Waals surface area contributed by atoms with Crippen LogP contribution in [0.4, 0.5) is 11.4 Å². The fourth-order valence-electron chi connectivity index (χ4n) is 2.47. The SMILES string of the molecule is CCOc1cccc(NCC2(C)CCOCC2)c1[N+](=O)[O-]. The second-order valence-corrected chi connectivity index (χ2v) is 5.62. The highest BCUT2D eigenvalue weighted by Gasteiger charge is 2.29. The molecule has 0 bridgehead atoms. The maximum atomic E-state index is 11.3. The lowest BCUT2D eigenvalue weighted by molar-refractivity contribution is -0.384. The summed E-state index contributed by atoms with van der Waals surface area (Å²) in [6, 6.07) is 5.12. The quantitative estimate of drug-likeness (QED) is 0.644. The number of anilines is 1. The third-order valence-electron chi connectivity index (χ3n) is 3.89. The topological polar surface area (TPSA) is 73.6 Å². The van der Waals surface area contributed by atoms with Crippen molar-refractivity contribution < 1.29 is 14.4 Å². The van der Waals surface area contributed by atoms with E-state index in [2.05, 4.69) is 12.2 Å². The predicted molar refractivity (Wildman–Crippen MR) is 80.9 cm³/mol. The fraction of sp³-hybridized carbons (Fsp3) is 0.600. The Morgan fingerprint density at radius 2 is 2.14 bits per heavy atom. The van der Waals surface area contributed by atoms with E-state index in [4.69, 9.17) is 9.47 Å². The van der Waals surface area contributed by atoms with E-state index in [9.17, 15) is 10.1 Å². The maximum Gasteiger partial charge on any atom is 0.333 e. The average Bonchev–Trinajstić information content (AvgIpc) is 2.46. The summed E-state index contributed by atoms with van der Waals surface area (Å²) in [5.74, 6) is 0.310. The lowest BCUT2D eigenvalue weighted by Gasteiger charge is -2.33. The van der Waals surface area contributed by atoms with E-state index < -0.39 is 0 Å². The van der Waals surface area contributed by atoms with Crippen molar-refractivity contribution in [2.75, 3.05) is 31.7 Å². The Labute approximate surface area is 124 Å². The van der Waals surface area contributed by atoms with Gasteiger partial charge in [0.2, 0.25) is 0 Å². The van der Waals surface area contributed by atoms with Crippen molar-refractivity contribution in [3.8, 4) is 5.75 Å². The first-order valence-corrected chi connectivity index (χ1v) is 7.27. The standard InChI is InChI=1S/C15H22N2O4/c1-3-21-13-6-4-5-12(14(13)17(18)19)16-11-15(2)7-9-20-10-8-15/h4-6,16H,3,7-11H2,1-2H3. The molecule has 0 saturated carbocycles. The van der Waals surface area contributed by atoms with Gasteiger partial charge in [0.1, 0.15) is 5.69 Å². The summed E-state index contributed by atoms with van der Waals surface area (Å²) in [6.45, 7) is 6.58.